The van der Waals surface area contributed by atoms with E-state index in [4.69, 9.17) is 10.5 Å². The van der Waals surface area contributed by atoms with Gasteiger partial charge in [0.2, 0.25) is 17.7 Å². The number of carbonyl (C=O) groups is 5. The second kappa shape index (κ2) is 21.8. The Morgan fingerprint density at radius 2 is 1.36 bits per heavy atom. The third-order valence-electron chi connectivity index (χ3n) is 9.18. The zero-order valence-electron chi connectivity index (χ0n) is 33.6. The summed E-state index contributed by atoms with van der Waals surface area (Å²) in [6.07, 6.45) is 0.864. The van der Waals surface area contributed by atoms with Gasteiger partial charge < -0.3 is 31.5 Å². The normalized spacial score (nSPS) is 15.3. The Kier molecular flexibility index (Phi) is 18.4. The van der Waals surface area contributed by atoms with Crippen LogP contribution >= 0.6 is 0 Å². The highest BCUT2D eigenvalue weighted by Gasteiger charge is 2.40. The minimum Gasteiger partial charge on any atom is -0.480 e. The molecule has 2 rings (SSSR count). The molecule has 2 aromatic carbocycles. The average molecular weight is 765 g/mol. The molecule has 0 fully saturated rings. The van der Waals surface area contributed by atoms with Crippen LogP contribution < -0.4 is 21.7 Å². The lowest BCUT2D eigenvalue weighted by molar-refractivity contribution is -0.159. The van der Waals surface area contributed by atoms with Crippen LogP contribution in [0.25, 0.3) is 0 Å². The van der Waals surface area contributed by atoms with Crippen molar-refractivity contribution in [2.24, 2.45) is 28.6 Å². The summed E-state index contributed by atoms with van der Waals surface area (Å²) in [6, 6.07) is 13.0. The van der Waals surface area contributed by atoms with Crippen LogP contribution in [-0.2, 0) is 46.3 Å². The number of hydrogen-bond acceptors (Lipinski definition) is 9. The standard InChI is InChI=1S/C41H60N6O8/c1-10-27(6)35(37(50)46-34(25(2)3)40(53)54)45-33(49)23-30(42)31(21-28-17-13-11-14-18-28)44-38(51)36(26(4)5)47(43-24-48)39(52)32(55-41(7,8)9)22-29-19-15-12-16-20-29/h11-20,25-27,30-32,34-36H,10,21-23,42H2,1-9H3,(H,44,51)(H,45,49)(H,46,50)(H,53,54)/t27-,30-,31-,32-,34-,35-,36-/m0/s1. The van der Waals surface area contributed by atoms with Crippen molar-refractivity contribution >= 4 is 35.7 Å². The van der Waals surface area contributed by atoms with Crippen LogP contribution in [0.15, 0.2) is 65.8 Å². The van der Waals surface area contributed by atoms with Crippen LogP contribution in [0.1, 0.15) is 86.3 Å². The quantitative estimate of drug-likeness (QED) is 0.0712. The van der Waals surface area contributed by atoms with Crippen molar-refractivity contribution in [1.29, 1.82) is 0 Å². The van der Waals surface area contributed by atoms with Crippen LogP contribution in [0, 0.1) is 17.8 Å². The summed E-state index contributed by atoms with van der Waals surface area (Å²) < 4.78 is 6.17. The molecule has 14 nitrogen and oxygen atoms in total. The predicted octanol–water partition coefficient (Wildman–Crippen LogP) is 3.72. The Hall–Kier alpha value is -4.91. The second-order valence-electron chi connectivity index (χ2n) is 15.6. The molecule has 0 aliphatic carbocycles. The number of benzene rings is 2. The summed E-state index contributed by atoms with van der Waals surface area (Å²) in [5, 5.41) is 22.4. The molecule has 14 heteroatoms. The van der Waals surface area contributed by atoms with E-state index in [-0.39, 0.29) is 25.2 Å². The average Bonchev–Trinajstić information content (AvgIpc) is 3.11. The van der Waals surface area contributed by atoms with E-state index in [0.717, 1.165) is 16.1 Å². The number of isocyanates is 1. The van der Waals surface area contributed by atoms with Gasteiger partial charge in [0.1, 0.15) is 24.2 Å². The fourth-order valence-corrected chi connectivity index (χ4v) is 6.06. The Morgan fingerprint density at radius 1 is 0.818 bits per heavy atom. The molecule has 55 heavy (non-hydrogen) atoms. The van der Waals surface area contributed by atoms with E-state index in [1.807, 2.05) is 67.6 Å². The molecule has 2 aromatic rings. The van der Waals surface area contributed by atoms with Crippen LogP contribution in [0.3, 0.4) is 0 Å². The molecule has 0 spiro atoms. The number of nitrogens with two attached hydrogens (primary N) is 1. The van der Waals surface area contributed by atoms with E-state index >= 15 is 0 Å². The van der Waals surface area contributed by atoms with Gasteiger partial charge in [0.05, 0.1) is 5.60 Å². The summed E-state index contributed by atoms with van der Waals surface area (Å²) in [6.45, 7) is 15.7. The number of amides is 4. The van der Waals surface area contributed by atoms with Crippen molar-refractivity contribution in [3.8, 4) is 0 Å². The maximum atomic E-state index is 14.3. The van der Waals surface area contributed by atoms with Crippen molar-refractivity contribution in [3.05, 3.63) is 71.8 Å². The van der Waals surface area contributed by atoms with Gasteiger partial charge in [-0.15, -0.1) is 0 Å². The number of hydrazone groups is 1. The molecule has 0 saturated carbocycles. The lowest BCUT2D eigenvalue weighted by atomic mass is 9.94. The van der Waals surface area contributed by atoms with Crippen LogP contribution in [0.5, 0.6) is 0 Å². The highest BCUT2D eigenvalue weighted by molar-refractivity contribution is 5.91. The number of nitrogens with one attached hydrogen (secondary N) is 3. The van der Waals surface area contributed by atoms with Gasteiger partial charge in [-0.1, -0.05) is 114 Å². The molecule has 0 unspecified atom stereocenters. The first kappa shape index (κ1) is 46.2. The number of hydrogen-bond donors (Lipinski definition) is 5. The van der Waals surface area contributed by atoms with E-state index in [1.165, 1.54) is 6.08 Å². The fraction of sp³-hybridized carbons (Fsp3) is 0.561. The van der Waals surface area contributed by atoms with Gasteiger partial charge in [-0.2, -0.15) is 0 Å². The number of rotatable bonds is 21. The lowest BCUT2D eigenvalue weighted by Gasteiger charge is -2.35. The summed E-state index contributed by atoms with van der Waals surface area (Å²) in [7, 11) is 0. The topological polar surface area (TPSA) is 210 Å². The van der Waals surface area contributed by atoms with E-state index in [1.54, 1.807) is 55.4 Å². The number of carboxylic acid groups (broad SMARTS) is 1. The number of nitrogens with zero attached hydrogens (tertiary/aromatic N) is 2. The molecule has 0 saturated heterocycles. The molecule has 0 heterocycles. The van der Waals surface area contributed by atoms with Crippen molar-refractivity contribution < 1.29 is 38.6 Å². The molecule has 0 aliphatic heterocycles. The third kappa shape index (κ3) is 15.0. The molecule has 0 radical (unpaired) electrons. The second-order valence-corrected chi connectivity index (χ2v) is 15.6. The minimum absolute atomic E-state index is 0.148. The molecule has 0 bridgehead atoms. The molecule has 0 aliphatic rings. The van der Waals surface area contributed by atoms with Crippen molar-refractivity contribution in [2.45, 2.75) is 130 Å². The SMILES string of the molecule is CC[C@H](C)[C@H](NC(=O)C[C@H](N)[C@H](Cc1ccccc1)NC(=O)[C@H](C(C)C)N(N=C=O)C(=O)[C@H](Cc1ccccc1)OC(C)(C)C)C(=O)N[C@H](C(=O)O)C(C)C. The third-order valence-corrected chi connectivity index (χ3v) is 9.18. The van der Waals surface area contributed by atoms with Gasteiger partial charge in [0.25, 0.3) is 12.0 Å². The zero-order valence-corrected chi connectivity index (χ0v) is 33.6. The largest absolute Gasteiger partial charge is 0.480 e. The van der Waals surface area contributed by atoms with Crippen molar-refractivity contribution in [3.63, 3.8) is 0 Å². The number of ether oxygens (including phenoxy) is 1. The minimum atomic E-state index is -1.29. The summed E-state index contributed by atoms with van der Waals surface area (Å²) in [4.78, 5) is 78.9. The van der Waals surface area contributed by atoms with Crippen molar-refractivity contribution in [2.75, 3.05) is 0 Å². The Balaban J connectivity index is 2.43. The van der Waals surface area contributed by atoms with Crippen LogP contribution in [0.4, 0.5) is 0 Å². The molecule has 302 valence electrons. The smallest absolute Gasteiger partial charge is 0.326 e. The molecule has 6 N–H and O–H groups in total. The molecular formula is C41H60N6O8. The first-order valence-corrected chi connectivity index (χ1v) is 18.8. The maximum absolute atomic E-state index is 14.3. The Labute approximate surface area is 325 Å². The van der Waals surface area contributed by atoms with Gasteiger partial charge in [-0.3, -0.25) is 19.2 Å². The summed E-state index contributed by atoms with van der Waals surface area (Å²) >= 11 is 0. The fourth-order valence-electron chi connectivity index (χ4n) is 6.06. The van der Waals surface area contributed by atoms with Crippen LogP contribution in [0.2, 0.25) is 0 Å². The molecule has 7 atom stereocenters. The first-order valence-electron chi connectivity index (χ1n) is 18.8. The first-order chi connectivity index (χ1) is 25.8. The van der Waals surface area contributed by atoms with Gasteiger partial charge in [0, 0.05) is 24.9 Å². The molecule has 0 aromatic heterocycles. The Bertz CT molecular complexity index is 1610. The summed E-state index contributed by atoms with van der Waals surface area (Å²) in [5.74, 6) is -5.08. The number of carbonyl (C=O) groups excluding carboxylic acids is 5. The molecule has 4 amide bonds. The molecular weight excluding hydrogens is 704 g/mol. The monoisotopic (exact) mass is 764 g/mol. The summed E-state index contributed by atoms with van der Waals surface area (Å²) in [5.41, 5.74) is 7.50. The number of aliphatic carboxylic acids is 1. The van der Waals surface area contributed by atoms with E-state index in [9.17, 15) is 33.9 Å². The Morgan fingerprint density at radius 3 is 1.82 bits per heavy atom. The van der Waals surface area contributed by atoms with E-state index in [0.29, 0.717) is 6.42 Å². The predicted molar refractivity (Wildman–Crippen MR) is 209 cm³/mol. The van der Waals surface area contributed by atoms with Gasteiger partial charge >= 0.3 is 5.97 Å². The van der Waals surface area contributed by atoms with Crippen molar-refractivity contribution in [1.82, 2.24) is 21.0 Å². The van der Waals surface area contributed by atoms with Gasteiger partial charge in [-0.25, -0.2) is 14.6 Å². The zero-order chi connectivity index (χ0) is 41.5. The van der Waals surface area contributed by atoms with E-state index < -0.39 is 83.3 Å². The number of carboxylic acids is 1. The lowest BCUT2D eigenvalue weighted by Crippen LogP contribution is -2.59. The van der Waals surface area contributed by atoms with Gasteiger partial charge in [0.15, 0.2) is 0 Å². The maximum Gasteiger partial charge on any atom is 0.326 e. The van der Waals surface area contributed by atoms with Crippen LogP contribution in [-0.4, -0.2) is 87.7 Å². The highest BCUT2D eigenvalue weighted by atomic mass is 16.5. The van der Waals surface area contributed by atoms with Gasteiger partial charge in [-0.05, 0) is 56.1 Å². The highest BCUT2D eigenvalue weighted by Crippen LogP contribution is 2.22. The van der Waals surface area contributed by atoms with E-state index in [2.05, 4.69) is 21.1 Å².